The summed E-state index contributed by atoms with van der Waals surface area (Å²) < 4.78 is 10.5. The zero-order valence-electron chi connectivity index (χ0n) is 10.7. The summed E-state index contributed by atoms with van der Waals surface area (Å²) in [6.07, 6.45) is 0. The van der Waals surface area contributed by atoms with E-state index in [2.05, 4.69) is 4.98 Å². The molecule has 1 aromatic carbocycles. The smallest absolute Gasteiger partial charge is 0.161 e. The zero-order chi connectivity index (χ0) is 13.1. The van der Waals surface area contributed by atoms with Gasteiger partial charge in [0.1, 0.15) is 0 Å². The van der Waals surface area contributed by atoms with Gasteiger partial charge in [0.05, 0.1) is 29.8 Å². The molecular weight excluding hydrogens is 248 g/mol. The standard InChI is InChI=1S/C13H16N2O2S/c1-8-15-10(7-14)13(18-8)9-4-5-11(16-2)12(6-9)17-3/h4-6H,7,14H2,1-3H3. The molecule has 96 valence electrons. The summed E-state index contributed by atoms with van der Waals surface area (Å²) in [7, 11) is 3.25. The van der Waals surface area contributed by atoms with Crippen molar-refractivity contribution in [3.63, 3.8) is 0 Å². The van der Waals surface area contributed by atoms with Crippen LogP contribution in [0, 0.1) is 6.92 Å². The fraction of sp³-hybridized carbons (Fsp3) is 0.308. The highest BCUT2D eigenvalue weighted by Gasteiger charge is 2.12. The van der Waals surface area contributed by atoms with Crippen molar-refractivity contribution >= 4 is 11.3 Å². The third-order valence-electron chi connectivity index (χ3n) is 2.64. The van der Waals surface area contributed by atoms with Crippen LogP contribution in [0.2, 0.25) is 0 Å². The Balaban J connectivity index is 2.50. The van der Waals surface area contributed by atoms with Crippen LogP contribution in [0.4, 0.5) is 0 Å². The molecule has 18 heavy (non-hydrogen) atoms. The Hall–Kier alpha value is -1.59. The van der Waals surface area contributed by atoms with Crippen LogP contribution in [-0.2, 0) is 6.54 Å². The fourth-order valence-corrected chi connectivity index (χ4v) is 2.75. The first-order valence-electron chi connectivity index (χ1n) is 5.58. The predicted octanol–water partition coefficient (Wildman–Crippen LogP) is 2.59. The second-order valence-corrected chi connectivity index (χ2v) is 4.99. The Bertz CT molecular complexity index is 552. The minimum Gasteiger partial charge on any atom is -0.493 e. The van der Waals surface area contributed by atoms with Crippen molar-refractivity contribution in [1.29, 1.82) is 0 Å². The molecule has 0 bridgehead atoms. The molecule has 0 amide bonds. The second-order valence-electron chi connectivity index (χ2n) is 3.78. The SMILES string of the molecule is COc1ccc(-c2sc(C)nc2CN)cc1OC. The highest BCUT2D eigenvalue weighted by Crippen LogP contribution is 2.36. The average molecular weight is 264 g/mol. The largest absolute Gasteiger partial charge is 0.493 e. The highest BCUT2D eigenvalue weighted by molar-refractivity contribution is 7.15. The number of thiazole rings is 1. The van der Waals surface area contributed by atoms with Crippen LogP contribution in [0.1, 0.15) is 10.7 Å². The first kappa shape index (κ1) is 12.9. The van der Waals surface area contributed by atoms with E-state index in [1.165, 1.54) is 0 Å². The molecule has 2 rings (SSSR count). The Morgan fingerprint density at radius 3 is 2.56 bits per heavy atom. The monoisotopic (exact) mass is 264 g/mol. The molecule has 0 unspecified atom stereocenters. The maximum absolute atomic E-state index is 5.72. The van der Waals surface area contributed by atoms with E-state index in [0.29, 0.717) is 12.3 Å². The summed E-state index contributed by atoms with van der Waals surface area (Å²) >= 11 is 1.64. The van der Waals surface area contributed by atoms with Crippen molar-refractivity contribution in [2.45, 2.75) is 13.5 Å². The van der Waals surface area contributed by atoms with Gasteiger partial charge in [-0.25, -0.2) is 4.98 Å². The zero-order valence-corrected chi connectivity index (χ0v) is 11.5. The van der Waals surface area contributed by atoms with Gasteiger partial charge >= 0.3 is 0 Å². The molecule has 0 aliphatic carbocycles. The van der Waals surface area contributed by atoms with Crippen molar-refractivity contribution in [2.24, 2.45) is 5.73 Å². The van der Waals surface area contributed by atoms with Crippen LogP contribution in [0.3, 0.4) is 0 Å². The summed E-state index contributed by atoms with van der Waals surface area (Å²) in [6.45, 7) is 2.42. The molecule has 2 aromatic rings. The Labute approximate surface area is 110 Å². The molecule has 1 aromatic heterocycles. The maximum atomic E-state index is 5.72. The quantitative estimate of drug-likeness (QED) is 0.922. The second kappa shape index (κ2) is 5.37. The van der Waals surface area contributed by atoms with E-state index in [0.717, 1.165) is 26.9 Å². The number of hydrogen-bond acceptors (Lipinski definition) is 5. The van der Waals surface area contributed by atoms with Crippen molar-refractivity contribution < 1.29 is 9.47 Å². The summed E-state index contributed by atoms with van der Waals surface area (Å²) in [5, 5.41) is 1.01. The van der Waals surface area contributed by atoms with Gasteiger partial charge < -0.3 is 15.2 Å². The number of methoxy groups -OCH3 is 2. The molecule has 4 nitrogen and oxygen atoms in total. The number of ether oxygens (including phenoxy) is 2. The van der Waals surface area contributed by atoms with E-state index in [1.807, 2.05) is 25.1 Å². The van der Waals surface area contributed by atoms with Crippen LogP contribution in [0.15, 0.2) is 18.2 Å². The normalized spacial score (nSPS) is 10.4. The first-order chi connectivity index (χ1) is 8.69. The molecule has 2 N–H and O–H groups in total. The van der Waals surface area contributed by atoms with Crippen LogP contribution < -0.4 is 15.2 Å². The van der Waals surface area contributed by atoms with Crippen LogP contribution in [0.5, 0.6) is 11.5 Å². The van der Waals surface area contributed by atoms with Crippen molar-refractivity contribution in [2.75, 3.05) is 14.2 Å². The molecule has 0 aliphatic rings. The van der Waals surface area contributed by atoms with Crippen LogP contribution >= 0.6 is 11.3 Å². The Kier molecular flexibility index (Phi) is 3.84. The van der Waals surface area contributed by atoms with Crippen LogP contribution in [0.25, 0.3) is 10.4 Å². The average Bonchev–Trinajstić information content (AvgIpc) is 2.79. The number of aromatic nitrogens is 1. The summed E-state index contributed by atoms with van der Waals surface area (Å²) in [5.74, 6) is 1.43. The van der Waals surface area contributed by atoms with Gasteiger partial charge in [0.2, 0.25) is 0 Å². The third kappa shape index (κ3) is 2.32. The van der Waals surface area contributed by atoms with Gasteiger partial charge in [-0.15, -0.1) is 11.3 Å². The lowest BCUT2D eigenvalue weighted by molar-refractivity contribution is 0.355. The van der Waals surface area contributed by atoms with E-state index in [1.54, 1.807) is 25.6 Å². The van der Waals surface area contributed by atoms with Crippen molar-refractivity contribution in [1.82, 2.24) is 4.98 Å². The Morgan fingerprint density at radius 2 is 1.94 bits per heavy atom. The molecule has 0 radical (unpaired) electrons. The molecule has 5 heteroatoms. The predicted molar refractivity (Wildman–Crippen MR) is 73.3 cm³/mol. The molecule has 1 heterocycles. The topological polar surface area (TPSA) is 57.4 Å². The number of nitrogens with zero attached hydrogens (tertiary/aromatic N) is 1. The van der Waals surface area contributed by atoms with E-state index >= 15 is 0 Å². The van der Waals surface area contributed by atoms with E-state index in [9.17, 15) is 0 Å². The lowest BCUT2D eigenvalue weighted by Crippen LogP contribution is -1.98. The van der Waals surface area contributed by atoms with E-state index in [4.69, 9.17) is 15.2 Å². The minimum absolute atomic E-state index is 0.439. The van der Waals surface area contributed by atoms with Gasteiger partial charge in [-0.05, 0) is 30.7 Å². The van der Waals surface area contributed by atoms with Gasteiger partial charge in [-0.2, -0.15) is 0 Å². The summed E-state index contributed by atoms with van der Waals surface area (Å²) in [5.41, 5.74) is 7.69. The number of benzene rings is 1. The molecule has 0 spiro atoms. The number of nitrogens with two attached hydrogens (primary N) is 1. The molecular formula is C13H16N2O2S. The van der Waals surface area contributed by atoms with E-state index < -0.39 is 0 Å². The minimum atomic E-state index is 0.439. The lowest BCUT2D eigenvalue weighted by Gasteiger charge is -2.09. The highest BCUT2D eigenvalue weighted by atomic mass is 32.1. The van der Waals surface area contributed by atoms with Gasteiger partial charge in [-0.3, -0.25) is 0 Å². The first-order valence-corrected chi connectivity index (χ1v) is 6.40. The lowest BCUT2D eigenvalue weighted by atomic mass is 10.1. The van der Waals surface area contributed by atoms with Crippen molar-refractivity contribution in [3.05, 3.63) is 28.9 Å². The van der Waals surface area contributed by atoms with Gasteiger partial charge in [-0.1, -0.05) is 0 Å². The van der Waals surface area contributed by atoms with Crippen molar-refractivity contribution in [3.8, 4) is 21.9 Å². The number of hydrogen-bond donors (Lipinski definition) is 1. The van der Waals surface area contributed by atoms with E-state index in [-0.39, 0.29) is 0 Å². The number of rotatable bonds is 4. The molecule has 0 fully saturated rings. The Morgan fingerprint density at radius 1 is 1.22 bits per heavy atom. The van der Waals surface area contributed by atoms with Gasteiger partial charge in [0, 0.05) is 6.54 Å². The van der Waals surface area contributed by atoms with Gasteiger partial charge in [0.25, 0.3) is 0 Å². The summed E-state index contributed by atoms with van der Waals surface area (Å²) in [6, 6.07) is 5.84. The number of aryl methyl sites for hydroxylation is 1. The third-order valence-corrected chi connectivity index (χ3v) is 3.71. The molecule has 0 aliphatic heterocycles. The molecule has 0 atom stereocenters. The van der Waals surface area contributed by atoms with Crippen LogP contribution in [-0.4, -0.2) is 19.2 Å². The maximum Gasteiger partial charge on any atom is 0.161 e. The molecule has 0 saturated carbocycles. The molecule has 0 saturated heterocycles. The van der Waals surface area contributed by atoms with Gasteiger partial charge in [0.15, 0.2) is 11.5 Å². The fourth-order valence-electron chi connectivity index (χ4n) is 1.81. The summed E-state index contributed by atoms with van der Waals surface area (Å²) in [4.78, 5) is 5.52.